The van der Waals surface area contributed by atoms with Crippen LogP contribution in [0, 0.1) is 13.8 Å². The third-order valence-electron chi connectivity index (χ3n) is 3.32. The average Bonchev–Trinajstić information content (AvgIpc) is 2.70. The molecule has 0 radical (unpaired) electrons. The second-order valence-corrected chi connectivity index (χ2v) is 4.63. The van der Waals surface area contributed by atoms with E-state index in [-0.39, 0.29) is 5.91 Å². The van der Waals surface area contributed by atoms with Gasteiger partial charge in [0.2, 0.25) is 0 Å². The number of nitrogen functional groups attached to an aromatic ring is 1. The van der Waals surface area contributed by atoms with Crippen LogP contribution < -0.4 is 11.1 Å². The Hall–Kier alpha value is -2.30. The van der Waals surface area contributed by atoms with Gasteiger partial charge in [0.25, 0.3) is 5.91 Å². The number of aromatic nitrogens is 2. The number of aryl methyl sites for hydroxylation is 2. The number of rotatable bonds is 3. The Bertz CT molecular complexity index is 616. The molecule has 0 saturated carbocycles. The fourth-order valence-electron chi connectivity index (χ4n) is 1.78. The van der Waals surface area contributed by atoms with Gasteiger partial charge in [0, 0.05) is 36.1 Å². The lowest BCUT2D eigenvalue weighted by Gasteiger charge is -2.07. The molecule has 0 unspecified atom stereocenters. The van der Waals surface area contributed by atoms with E-state index in [1.807, 2.05) is 27.0 Å². The largest absolute Gasteiger partial charge is 0.398 e. The van der Waals surface area contributed by atoms with Crippen LogP contribution in [0.1, 0.15) is 27.2 Å². The van der Waals surface area contributed by atoms with Crippen LogP contribution in [0.5, 0.6) is 0 Å². The summed E-state index contributed by atoms with van der Waals surface area (Å²) < 4.78 is 1.78. The van der Waals surface area contributed by atoms with E-state index < -0.39 is 0 Å². The normalized spacial score (nSPS) is 10.5. The molecule has 2 rings (SSSR count). The van der Waals surface area contributed by atoms with Gasteiger partial charge in [0.05, 0.1) is 6.20 Å². The molecule has 0 aliphatic rings. The molecule has 0 fully saturated rings. The third kappa shape index (κ3) is 2.76. The van der Waals surface area contributed by atoms with Gasteiger partial charge in [-0.25, -0.2) is 0 Å². The second-order valence-electron chi connectivity index (χ2n) is 4.63. The molecule has 0 spiro atoms. The molecule has 19 heavy (non-hydrogen) atoms. The van der Waals surface area contributed by atoms with Gasteiger partial charge in [-0.1, -0.05) is 6.07 Å². The average molecular weight is 258 g/mol. The van der Waals surface area contributed by atoms with Crippen LogP contribution in [0.15, 0.2) is 24.4 Å². The minimum absolute atomic E-state index is 0.130. The minimum atomic E-state index is -0.130. The Kier molecular flexibility index (Phi) is 3.55. The van der Waals surface area contributed by atoms with Crippen LogP contribution in [0.2, 0.25) is 0 Å². The summed E-state index contributed by atoms with van der Waals surface area (Å²) in [7, 11) is 1.88. The molecule has 1 aromatic carbocycles. The number of carbonyl (C=O) groups is 1. The predicted octanol–water partition coefficient (Wildman–Crippen LogP) is 1.55. The van der Waals surface area contributed by atoms with Crippen molar-refractivity contribution < 1.29 is 4.79 Å². The van der Waals surface area contributed by atoms with Gasteiger partial charge in [0.1, 0.15) is 0 Å². The summed E-state index contributed by atoms with van der Waals surface area (Å²) >= 11 is 0. The first-order valence-corrected chi connectivity index (χ1v) is 6.11. The van der Waals surface area contributed by atoms with E-state index in [1.54, 1.807) is 23.0 Å². The van der Waals surface area contributed by atoms with Crippen molar-refractivity contribution in [2.75, 3.05) is 5.73 Å². The molecule has 1 amide bonds. The molecule has 5 heteroatoms. The maximum absolute atomic E-state index is 12.0. The zero-order valence-electron chi connectivity index (χ0n) is 11.4. The Balaban J connectivity index is 2.05. The number of hydrogen-bond acceptors (Lipinski definition) is 3. The van der Waals surface area contributed by atoms with Gasteiger partial charge in [0.15, 0.2) is 0 Å². The predicted molar refractivity (Wildman–Crippen MR) is 74.7 cm³/mol. The van der Waals surface area contributed by atoms with E-state index in [0.717, 1.165) is 16.8 Å². The Morgan fingerprint density at radius 2 is 2.16 bits per heavy atom. The lowest BCUT2D eigenvalue weighted by molar-refractivity contribution is 0.0951. The van der Waals surface area contributed by atoms with Crippen LogP contribution in [-0.4, -0.2) is 15.7 Å². The van der Waals surface area contributed by atoms with Gasteiger partial charge in [-0.2, -0.15) is 5.10 Å². The smallest absolute Gasteiger partial charge is 0.251 e. The monoisotopic (exact) mass is 258 g/mol. The van der Waals surface area contributed by atoms with Crippen LogP contribution in [-0.2, 0) is 13.6 Å². The van der Waals surface area contributed by atoms with Gasteiger partial charge in [-0.15, -0.1) is 0 Å². The first kappa shape index (κ1) is 13.1. The molecule has 0 atom stereocenters. The SMILES string of the molecule is Cc1ccc(C(=O)NCc2cnn(C)c2C)cc1N. The number of nitrogens with two attached hydrogens (primary N) is 1. The van der Waals surface area contributed by atoms with Crippen molar-refractivity contribution in [1.82, 2.24) is 15.1 Å². The molecule has 100 valence electrons. The van der Waals surface area contributed by atoms with E-state index >= 15 is 0 Å². The van der Waals surface area contributed by atoms with Gasteiger partial charge >= 0.3 is 0 Å². The van der Waals surface area contributed by atoms with Crippen LogP contribution in [0.25, 0.3) is 0 Å². The van der Waals surface area contributed by atoms with Crippen molar-refractivity contribution >= 4 is 11.6 Å². The van der Waals surface area contributed by atoms with E-state index in [1.165, 1.54) is 0 Å². The van der Waals surface area contributed by atoms with Crippen molar-refractivity contribution in [3.8, 4) is 0 Å². The lowest BCUT2D eigenvalue weighted by atomic mass is 10.1. The number of nitrogens with one attached hydrogen (secondary N) is 1. The van der Waals surface area contributed by atoms with Crippen molar-refractivity contribution in [2.45, 2.75) is 20.4 Å². The Labute approximate surface area is 112 Å². The summed E-state index contributed by atoms with van der Waals surface area (Å²) in [5.41, 5.74) is 10.0. The maximum atomic E-state index is 12.0. The first-order valence-electron chi connectivity index (χ1n) is 6.11. The van der Waals surface area contributed by atoms with Crippen molar-refractivity contribution in [3.05, 3.63) is 46.8 Å². The van der Waals surface area contributed by atoms with Crippen LogP contribution >= 0.6 is 0 Å². The number of carbonyl (C=O) groups excluding carboxylic acids is 1. The number of amides is 1. The number of hydrogen-bond donors (Lipinski definition) is 2. The molecule has 1 heterocycles. The summed E-state index contributed by atoms with van der Waals surface area (Å²) in [6.45, 7) is 4.35. The highest BCUT2D eigenvalue weighted by Gasteiger charge is 2.09. The Morgan fingerprint density at radius 1 is 1.42 bits per heavy atom. The molecule has 1 aromatic heterocycles. The first-order chi connectivity index (χ1) is 8.99. The highest BCUT2D eigenvalue weighted by atomic mass is 16.1. The third-order valence-corrected chi connectivity index (χ3v) is 3.32. The van der Waals surface area contributed by atoms with E-state index in [0.29, 0.717) is 17.8 Å². The molecule has 0 aliphatic heterocycles. The summed E-state index contributed by atoms with van der Waals surface area (Å²) in [6.07, 6.45) is 1.76. The highest BCUT2D eigenvalue weighted by Crippen LogP contribution is 2.13. The second kappa shape index (κ2) is 5.14. The van der Waals surface area contributed by atoms with Crippen LogP contribution in [0.3, 0.4) is 0 Å². The Morgan fingerprint density at radius 3 is 2.74 bits per heavy atom. The summed E-state index contributed by atoms with van der Waals surface area (Å²) in [6, 6.07) is 5.32. The van der Waals surface area contributed by atoms with Crippen LogP contribution in [0.4, 0.5) is 5.69 Å². The number of anilines is 1. The molecule has 0 saturated heterocycles. The quantitative estimate of drug-likeness (QED) is 0.820. The summed E-state index contributed by atoms with van der Waals surface area (Å²) in [4.78, 5) is 12.0. The fourth-order valence-corrected chi connectivity index (χ4v) is 1.78. The highest BCUT2D eigenvalue weighted by molar-refractivity contribution is 5.95. The van der Waals surface area contributed by atoms with Gasteiger partial charge < -0.3 is 11.1 Å². The molecule has 0 bridgehead atoms. The molecular formula is C14H18N4O. The van der Waals surface area contributed by atoms with Gasteiger partial charge in [-0.05, 0) is 31.5 Å². The molecular weight excluding hydrogens is 240 g/mol. The fraction of sp³-hybridized carbons (Fsp3) is 0.286. The van der Waals surface area contributed by atoms with Crippen molar-refractivity contribution in [3.63, 3.8) is 0 Å². The molecule has 3 N–H and O–H groups in total. The van der Waals surface area contributed by atoms with Gasteiger partial charge in [-0.3, -0.25) is 9.48 Å². The van der Waals surface area contributed by atoms with Crippen molar-refractivity contribution in [2.24, 2.45) is 7.05 Å². The van der Waals surface area contributed by atoms with E-state index in [2.05, 4.69) is 10.4 Å². The summed E-state index contributed by atoms with van der Waals surface area (Å²) in [5, 5.41) is 7.01. The molecule has 5 nitrogen and oxygen atoms in total. The zero-order chi connectivity index (χ0) is 14.0. The molecule has 2 aromatic rings. The standard InChI is InChI=1S/C14H18N4O/c1-9-4-5-11(6-13(9)15)14(19)16-7-12-8-17-18(3)10(12)2/h4-6,8H,7,15H2,1-3H3,(H,16,19). The zero-order valence-corrected chi connectivity index (χ0v) is 11.4. The summed E-state index contributed by atoms with van der Waals surface area (Å²) in [5.74, 6) is -0.130. The van der Waals surface area contributed by atoms with E-state index in [4.69, 9.17) is 5.73 Å². The molecule has 0 aliphatic carbocycles. The van der Waals surface area contributed by atoms with E-state index in [9.17, 15) is 4.79 Å². The van der Waals surface area contributed by atoms with Crippen molar-refractivity contribution in [1.29, 1.82) is 0 Å². The number of nitrogens with zero attached hydrogens (tertiary/aromatic N) is 2. The lowest BCUT2D eigenvalue weighted by Crippen LogP contribution is -2.23. The topological polar surface area (TPSA) is 72.9 Å². The maximum Gasteiger partial charge on any atom is 0.251 e. The minimum Gasteiger partial charge on any atom is -0.398 e. The number of benzene rings is 1.